The van der Waals surface area contributed by atoms with E-state index in [0.717, 1.165) is 0 Å². The molecule has 6 nitrogen and oxygen atoms in total. The summed E-state index contributed by atoms with van der Waals surface area (Å²) in [4.78, 5) is 0. The Morgan fingerprint density at radius 2 is 2.10 bits per heavy atom. The van der Waals surface area contributed by atoms with E-state index < -0.39 is 10.0 Å². The third-order valence-corrected chi connectivity index (χ3v) is 4.01. The second-order valence-electron chi connectivity index (χ2n) is 3.83. The summed E-state index contributed by atoms with van der Waals surface area (Å²) in [7, 11) is -2.40. The molecular weight excluding hydrogens is 306 g/mol. The first-order chi connectivity index (χ1) is 9.46. The van der Waals surface area contributed by atoms with Gasteiger partial charge in [-0.05, 0) is 30.3 Å². The smallest absolute Gasteiger partial charge is 0.295 e. The molecule has 0 saturated heterocycles. The molecule has 0 aliphatic carbocycles. The van der Waals surface area contributed by atoms with Crippen LogP contribution in [0.3, 0.4) is 0 Å². The van der Waals surface area contributed by atoms with Gasteiger partial charge in [0.05, 0.1) is 17.8 Å². The molecule has 0 amide bonds. The number of sulfonamides is 1. The Morgan fingerprint density at radius 1 is 1.35 bits per heavy atom. The predicted molar refractivity (Wildman–Crippen MR) is 73.4 cm³/mol. The fraction of sp³-hybridized carbons (Fsp3) is 0.167. The van der Waals surface area contributed by atoms with Gasteiger partial charge in [-0.15, -0.1) is 0 Å². The largest absolute Gasteiger partial charge is 0.495 e. The van der Waals surface area contributed by atoms with Crippen molar-refractivity contribution in [2.75, 3.05) is 11.8 Å². The summed E-state index contributed by atoms with van der Waals surface area (Å²) in [6.07, 6.45) is 0. The Morgan fingerprint density at radius 3 is 2.65 bits per heavy atom. The van der Waals surface area contributed by atoms with E-state index in [4.69, 9.17) is 25.9 Å². The maximum Gasteiger partial charge on any atom is 0.295 e. The van der Waals surface area contributed by atoms with Crippen LogP contribution in [-0.2, 0) is 16.6 Å². The monoisotopic (exact) mass is 317 g/mol. The highest BCUT2D eigenvalue weighted by molar-refractivity contribution is 7.92. The van der Waals surface area contributed by atoms with Crippen LogP contribution in [0.2, 0.25) is 5.02 Å². The van der Waals surface area contributed by atoms with Crippen molar-refractivity contribution in [2.24, 2.45) is 0 Å². The standard InChI is InChI=1S/C12H12ClNO5S/c1-18-11-4-2-8(6-10(11)13)14-20(16,17)12-5-3-9(7-15)19-12/h2-6,14-15H,7H2,1H3. The van der Waals surface area contributed by atoms with Crippen molar-refractivity contribution in [1.29, 1.82) is 0 Å². The third kappa shape index (κ3) is 3.06. The molecule has 1 heterocycles. The van der Waals surface area contributed by atoms with Gasteiger partial charge < -0.3 is 14.3 Å². The molecule has 0 unspecified atom stereocenters. The molecule has 0 bridgehead atoms. The number of nitrogens with one attached hydrogen (secondary N) is 1. The molecule has 0 fully saturated rings. The zero-order chi connectivity index (χ0) is 14.8. The molecule has 108 valence electrons. The summed E-state index contributed by atoms with van der Waals surface area (Å²) in [6.45, 7) is -0.371. The topological polar surface area (TPSA) is 88.8 Å². The van der Waals surface area contributed by atoms with Crippen LogP contribution >= 0.6 is 11.6 Å². The molecule has 0 radical (unpaired) electrons. The number of furan rings is 1. The van der Waals surface area contributed by atoms with E-state index in [0.29, 0.717) is 5.75 Å². The van der Waals surface area contributed by atoms with Crippen LogP contribution in [0.4, 0.5) is 5.69 Å². The van der Waals surface area contributed by atoms with E-state index in [-0.39, 0.29) is 28.2 Å². The van der Waals surface area contributed by atoms with Crippen LogP contribution in [0.1, 0.15) is 5.76 Å². The number of methoxy groups -OCH3 is 1. The van der Waals surface area contributed by atoms with Crippen molar-refractivity contribution in [3.8, 4) is 5.75 Å². The number of ether oxygens (including phenoxy) is 1. The lowest BCUT2D eigenvalue weighted by Crippen LogP contribution is -2.12. The molecule has 2 aromatic rings. The second kappa shape index (κ2) is 5.74. The molecule has 0 aliphatic rings. The number of hydrogen-bond donors (Lipinski definition) is 2. The maximum atomic E-state index is 12.0. The van der Waals surface area contributed by atoms with Crippen LogP contribution in [0.25, 0.3) is 0 Å². The number of benzene rings is 1. The average Bonchev–Trinajstić information content (AvgIpc) is 2.88. The van der Waals surface area contributed by atoms with E-state index >= 15 is 0 Å². The number of hydrogen-bond acceptors (Lipinski definition) is 5. The van der Waals surface area contributed by atoms with Gasteiger partial charge >= 0.3 is 0 Å². The van der Waals surface area contributed by atoms with Gasteiger partial charge in [0.15, 0.2) is 0 Å². The molecule has 20 heavy (non-hydrogen) atoms. The van der Waals surface area contributed by atoms with Crippen molar-refractivity contribution in [3.63, 3.8) is 0 Å². The normalized spacial score (nSPS) is 11.3. The van der Waals surface area contributed by atoms with Gasteiger partial charge in [0.25, 0.3) is 10.0 Å². The van der Waals surface area contributed by atoms with Gasteiger partial charge in [0.2, 0.25) is 5.09 Å². The van der Waals surface area contributed by atoms with Crippen molar-refractivity contribution < 1.29 is 22.7 Å². The Kier molecular flexibility index (Phi) is 4.22. The van der Waals surface area contributed by atoms with Crippen molar-refractivity contribution in [2.45, 2.75) is 11.7 Å². The van der Waals surface area contributed by atoms with Gasteiger partial charge in [-0.25, -0.2) is 0 Å². The molecule has 0 spiro atoms. The molecule has 0 atom stereocenters. The number of anilines is 1. The number of halogens is 1. The average molecular weight is 318 g/mol. The van der Waals surface area contributed by atoms with Crippen molar-refractivity contribution in [3.05, 3.63) is 41.1 Å². The molecule has 1 aromatic heterocycles. The second-order valence-corrected chi connectivity index (χ2v) is 5.85. The summed E-state index contributed by atoms with van der Waals surface area (Å²) in [5, 5.41) is 8.86. The Bertz CT molecular complexity index is 710. The lowest BCUT2D eigenvalue weighted by molar-refractivity contribution is 0.236. The minimum atomic E-state index is -3.87. The SMILES string of the molecule is COc1ccc(NS(=O)(=O)c2ccc(CO)o2)cc1Cl. The first kappa shape index (κ1) is 14.7. The Hall–Kier alpha value is -1.70. The highest BCUT2D eigenvalue weighted by Crippen LogP contribution is 2.28. The fourth-order valence-electron chi connectivity index (χ4n) is 1.52. The molecule has 1 aromatic carbocycles. The predicted octanol–water partition coefficient (Wildman–Crippen LogP) is 2.23. The Labute approximate surface area is 121 Å². The summed E-state index contributed by atoms with van der Waals surface area (Å²) in [5.74, 6) is 0.605. The summed E-state index contributed by atoms with van der Waals surface area (Å²) >= 11 is 5.91. The van der Waals surface area contributed by atoms with E-state index in [1.54, 1.807) is 6.07 Å². The quantitative estimate of drug-likeness (QED) is 0.882. The molecule has 0 saturated carbocycles. The highest BCUT2D eigenvalue weighted by Gasteiger charge is 2.19. The van der Waals surface area contributed by atoms with Crippen LogP contribution in [0, 0.1) is 0 Å². The van der Waals surface area contributed by atoms with E-state index in [1.165, 1.54) is 31.4 Å². The summed E-state index contributed by atoms with van der Waals surface area (Å²) in [6, 6.07) is 7.13. The molecule has 2 rings (SSSR count). The molecular formula is C12H12ClNO5S. The fourth-order valence-corrected chi connectivity index (χ4v) is 2.78. The number of rotatable bonds is 5. The van der Waals surface area contributed by atoms with Gasteiger partial charge in [-0.1, -0.05) is 11.6 Å². The summed E-state index contributed by atoms with van der Waals surface area (Å²) < 4.78 is 36.4. The minimum absolute atomic E-state index is 0.165. The lowest BCUT2D eigenvalue weighted by atomic mass is 10.3. The Balaban J connectivity index is 2.26. The highest BCUT2D eigenvalue weighted by atomic mass is 35.5. The van der Waals surface area contributed by atoms with Gasteiger partial charge in [0.1, 0.15) is 18.1 Å². The van der Waals surface area contributed by atoms with Crippen molar-refractivity contribution >= 4 is 27.3 Å². The van der Waals surface area contributed by atoms with E-state index in [1.807, 2.05) is 0 Å². The zero-order valence-corrected chi connectivity index (χ0v) is 12.0. The number of aliphatic hydroxyl groups excluding tert-OH is 1. The third-order valence-electron chi connectivity index (χ3n) is 2.46. The van der Waals surface area contributed by atoms with Gasteiger partial charge in [-0.3, -0.25) is 4.72 Å². The minimum Gasteiger partial charge on any atom is -0.495 e. The molecule has 2 N–H and O–H groups in total. The van der Waals surface area contributed by atoms with Crippen LogP contribution < -0.4 is 9.46 Å². The van der Waals surface area contributed by atoms with Gasteiger partial charge in [0, 0.05) is 0 Å². The first-order valence-corrected chi connectivity index (χ1v) is 7.38. The lowest BCUT2D eigenvalue weighted by Gasteiger charge is -2.08. The molecule has 8 heteroatoms. The maximum absolute atomic E-state index is 12.0. The first-order valence-electron chi connectivity index (χ1n) is 5.52. The van der Waals surface area contributed by atoms with Crippen LogP contribution in [-0.4, -0.2) is 20.6 Å². The molecule has 0 aliphatic heterocycles. The van der Waals surface area contributed by atoms with E-state index in [2.05, 4.69) is 4.72 Å². The van der Waals surface area contributed by atoms with Crippen LogP contribution in [0.5, 0.6) is 5.75 Å². The van der Waals surface area contributed by atoms with Gasteiger partial charge in [-0.2, -0.15) is 8.42 Å². The van der Waals surface area contributed by atoms with Crippen molar-refractivity contribution in [1.82, 2.24) is 0 Å². The zero-order valence-electron chi connectivity index (χ0n) is 10.5. The summed E-state index contributed by atoms with van der Waals surface area (Å²) in [5.41, 5.74) is 0.276. The number of aliphatic hydroxyl groups is 1. The van der Waals surface area contributed by atoms with Crippen LogP contribution in [0.15, 0.2) is 39.8 Å². The van der Waals surface area contributed by atoms with E-state index in [9.17, 15) is 8.42 Å².